The van der Waals surface area contributed by atoms with Crippen LogP contribution in [0.5, 0.6) is 0 Å². The molecule has 0 amide bonds. The van der Waals surface area contributed by atoms with Gasteiger partial charge in [-0.3, -0.25) is 0 Å². The molecule has 1 aromatic rings. The Morgan fingerprint density at radius 1 is 1.43 bits per heavy atom. The Morgan fingerprint density at radius 3 is 2.57 bits per heavy atom. The van der Waals surface area contributed by atoms with Gasteiger partial charge in [0.15, 0.2) is 0 Å². The highest BCUT2D eigenvalue weighted by Gasteiger charge is 1.79. The quantitative estimate of drug-likeness (QED) is 0.488. The van der Waals surface area contributed by atoms with Crippen LogP contribution in [0.3, 0.4) is 0 Å². The van der Waals surface area contributed by atoms with Crippen molar-refractivity contribution in [2.45, 2.75) is 5.16 Å². The number of hydrogen-bond donors (Lipinski definition) is 0. The maximum Gasteiger partial charge on any atom is 0.239 e. The van der Waals surface area contributed by atoms with Crippen molar-refractivity contribution < 1.29 is 0 Å². The van der Waals surface area contributed by atoms with Gasteiger partial charge in [-0.05, 0) is 12.6 Å². The van der Waals surface area contributed by atoms with Crippen molar-refractivity contribution >= 4 is 12.6 Å². The molecule has 35 valence electrons. The Morgan fingerprint density at radius 2 is 2.29 bits per heavy atom. The summed E-state index contributed by atoms with van der Waals surface area (Å²) in [5.74, 6) is 0. The van der Waals surface area contributed by atoms with E-state index in [4.69, 9.17) is 0 Å². The summed E-state index contributed by atoms with van der Waals surface area (Å²) >= 11 is 4.53. The zero-order chi connectivity index (χ0) is 5.11. The van der Waals surface area contributed by atoms with Crippen LogP contribution >= 0.6 is 12.6 Å². The van der Waals surface area contributed by atoms with Crippen LogP contribution in [0, 0.1) is 0 Å². The number of nitrogens with zero attached hydrogens (tertiary/aromatic N) is 3. The van der Waals surface area contributed by atoms with Gasteiger partial charge in [-0.1, -0.05) is 0 Å². The van der Waals surface area contributed by atoms with Crippen LogP contribution in [-0.2, 0) is 0 Å². The molecule has 3 nitrogen and oxygen atoms in total. The molecule has 0 aromatic carbocycles. The van der Waals surface area contributed by atoms with Crippen molar-refractivity contribution in [1.29, 1.82) is 0 Å². The average Bonchev–Trinajstić information content (AvgIpc) is 1.69. The minimum Gasteiger partial charge on any atom is -0.224 e. The molecular formula is C3H2N3S. The minimum atomic E-state index is 0.294. The van der Waals surface area contributed by atoms with Crippen molar-refractivity contribution in [2.75, 3.05) is 0 Å². The van der Waals surface area contributed by atoms with Crippen LogP contribution in [-0.4, -0.2) is 15.2 Å². The molecule has 7 heavy (non-hydrogen) atoms. The Bertz CT molecular complexity index is 140. The van der Waals surface area contributed by atoms with Gasteiger partial charge in [-0.25, -0.2) is 4.98 Å². The maximum atomic E-state index is 4.53. The first-order chi connectivity index (χ1) is 3.39. The minimum absolute atomic E-state index is 0.294. The normalized spacial score (nSPS) is 8.57. The molecule has 0 unspecified atom stereocenters. The second-order valence-electron chi connectivity index (χ2n) is 0.925. The van der Waals surface area contributed by atoms with Gasteiger partial charge in [0.1, 0.15) is 0 Å². The topological polar surface area (TPSA) is 38.7 Å². The van der Waals surface area contributed by atoms with E-state index in [9.17, 15) is 0 Å². The Labute approximate surface area is 46.2 Å². The first-order valence-corrected chi connectivity index (χ1v) is 2.11. The largest absolute Gasteiger partial charge is 0.239 e. The molecule has 0 saturated heterocycles. The third-order valence-corrected chi connectivity index (χ3v) is 0.649. The Balaban J connectivity index is 3.02. The van der Waals surface area contributed by atoms with E-state index in [0.717, 1.165) is 0 Å². The van der Waals surface area contributed by atoms with E-state index >= 15 is 0 Å². The van der Waals surface area contributed by atoms with Gasteiger partial charge in [0.2, 0.25) is 5.16 Å². The predicted octanol–water partition coefficient (Wildman–Crippen LogP) is 0.428. The Hall–Kier alpha value is -0.770. The molecule has 1 rings (SSSR count). The van der Waals surface area contributed by atoms with E-state index in [2.05, 4.69) is 27.8 Å². The fourth-order valence-corrected chi connectivity index (χ4v) is 0.343. The predicted molar refractivity (Wildman–Crippen MR) is 25.7 cm³/mol. The van der Waals surface area contributed by atoms with Crippen molar-refractivity contribution in [3.05, 3.63) is 12.4 Å². The lowest BCUT2D eigenvalue weighted by atomic mass is 10.9. The van der Waals surface area contributed by atoms with Gasteiger partial charge in [0.05, 0.1) is 12.4 Å². The standard InChI is InChI=1S/C3H2N3S/c7-3-4-1-2-5-6-3/h1-2H. The monoisotopic (exact) mass is 112 g/mol. The van der Waals surface area contributed by atoms with Crippen LogP contribution in [0.4, 0.5) is 0 Å². The van der Waals surface area contributed by atoms with E-state index in [1.54, 1.807) is 0 Å². The zero-order valence-corrected chi connectivity index (χ0v) is 4.22. The summed E-state index contributed by atoms with van der Waals surface area (Å²) in [6, 6.07) is 0. The third kappa shape index (κ3) is 1.04. The maximum absolute atomic E-state index is 4.53. The molecule has 1 heterocycles. The summed E-state index contributed by atoms with van der Waals surface area (Å²) in [4.78, 5) is 3.62. The SMILES string of the molecule is [S]c1nccnn1. The third-order valence-electron chi connectivity index (χ3n) is 0.462. The van der Waals surface area contributed by atoms with E-state index in [1.165, 1.54) is 12.4 Å². The highest BCUT2D eigenvalue weighted by molar-refractivity contribution is 7.80. The molecule has 0 spiro atoms. The van der Waals surface area contributed by atoms with Crippen molar-refractivity contribution in [3.8, 4) is 0 Å². The van der Waals surface area contributed by atoms with E-state index in [-0.39, 0.29) is 0 Å². The first-order valence-electron chi connectivity index (χ1n) is 1.70. The first kappa shape index (κ1) is 4.39. The van der Waals surface area contributed by atoms with E-state index in [0.29, 0.717) is 5.16 Å². The summed E-state index contributed by atoms with van der Waals surface area (Å²) in [6.45, 7) is 0. The molecule has 0 aliphatic heterocycles. The highest BCUT2D eigenvalue weighted by atomic mass is 32.1. The molecule has 0 atom stereocenters. The second-order valence-corrected chi connectivity index (χ2v) is 1.29. The smallest absolute Gasteiger partial charge is 0.224 e. The van der Waals surface area contributed by atoms with Crippen molar-refractivity contribution in [1.82, 2.24) is 15.2 Å². The molecule has 1 radical (unpaired) electrons. The molecule has 0 saturated carbocycles. The molecule has 0 bridgehead atoms. The fourth-order valence-electron chi connectivity index (χ4n) is 0.235. The van der Waals surface area contributed by atoms with Gasteiger partial charge >= 0.3 is 0 Å². The molecule has 0 aliphatic carbocycles. The van der Waals surface area contributed by atoms with Gasteiger partial charge in [0, 0.05) is 0 Å². The number of aromatic nitrogens is 3. The number of hydrogen-bond acceptors (Lipinski definition) is 3. The molecule has 0 N–H and O–H groups in total. The molecule has 0 aliphatic rings. The van der Waals surface area contributed by atoms with Crippen LogP contribution in [0.25, 0.3) is 0 Å². The molecule has 1 aromatic heterocycles. The fraction of sp³-hybridized carbons (Fsp3) is 0. The van der Waals surface area contributed by atoms with Gasteiger partial charge in [0.25, 0.3) is 0 Å². The summed E-state index contributed by atoms with van der Waals surface area (Å²) in [7, 11) is 0. The second kappa shape index (κ2) is 1.79. The average molecular weight is 112 g/mol. The number of rotatable bonds is 0. The van der Waals surface area contributed by atoms with Crippen molar-refractivity contribution in [2.24, 2.45) is 0 Å². The highest BCUT2D eigenvalue weighted by Crippen LogP contribution is 1.86. The summed E-state index contributed by atoms with van der Waals surface area (Å²) in [5, 5.41) is 7.19. The van der Waals surface area contributed by atoms with Crippen molar-refractivity contribution in [3.63, 3.8) is 0 Å². The van der Waals surface area contributed by atoms with Crippen LogP contribution < -0.4 is 0 Å². The van der Waals surface area contributed by atoms with Gasteiger partial charge < -0.3 is 0 Å². The van der Waals surface area contributed by atoms with Crippen LogP contribution in [0.2, 0.25) is 0 Å². The summed E-state index contributed by atoms with van der Waals surface area (Å²) in [5.41, 5.74) is 0. The summed E-state index contributed by atoms with van der Waals surface area (Å²) < 4.78 is 0. The molecule has 0 fully saturated rings. The van der Waals surface area contributed by atoms with Gasteiger partial charge in [-0.2, -0.15) is 5.10 Å². The zero-order valence-electron chi connectivity index (χ0n) is 3.40. The van der Waals surface area contributed by atoms with E-state index < -0.39 is 0 Å². The lowest BCUT2D eigenvalue weighted by Gasteiger charge is -1.77. The summed E-state index contributed by atoms with van der Waals surface area (Å²) in [6.07, 6.45) is 2.99. The lowest BCUT2D eigenvalue weighted by Crippen LogP contribution is -1.81. The van der Waals surface area contributed by atoms with Crippen LogP contribution in [0.15, 0.2) is 17.6 Å². The molecule has 4 heteroatoms. The Kier molecular flexibility index (Phi) is 1.12. The van der Waals surface area contributed by atoms with Gasteiger partial charge in [-0.15, -0.1) is 5.10 Å². The lowest BCUT2D eigenvalue weighted by molar-refractivity contribution is 0.843. The van der Waals surface area contributed by atoms with Crippen LogP contribution in [0.1, 0.15) is 0 Å². The molecular weight excluding hydrogens is 110 g/mol. The van der Waals surface area contributed by atoms with E-state index in [1.807, 2.05) is 0 Å².